The van der Waals surface area contributed by atoms with E-state index < -0.39 is 5.60 Å². The topological polar surface area (TPSA) is 75.9 Å². The lowest BCUT2D eigenvalue weighted by Gasteiger charge is -2.47. The van der Waals surface area contributed by atoms with Gasteiger partial charge in [0, 0.05) is 25.7 Å². The fourth-order valence-electron chi connectivity index (χ4n) is 3.61. The molecule has 0 spiro atoms. The molecule has 2 fully saturated rings. The molecule has 0 bridgehead atoms. The Kier molecular flexibility index (Phi) is 4.25. The first-order valence-corrected chi connectivity index (χ1v) is 8.33. The highest BCUT2D eigenvalue weighted by Crippen LogP contribution is 2.38. The Balaban J connectivity index is 1.71. The van der Waals surface area contributed by atoms with Crippen LogP contribution in [0.5, 0.6) is 0 Å². The summed E-state index contributed by atoms with van der Waals surface area (Å²) in [4.78, 5) is 28.2. The van der Waals surface area contributed by atoms with E-state index in [0.717, 1.165) is 13.1 Å². The molecule has 3 atom stereocenters. The minimum absolute atomic E-state index is 0.000984. The lowest BCUT2D eigenvalue weighted by Crippen LogP contribution is -2.64. The molecule has 0 saturated carbocycles. The monoisotopic (exact) mass is 331 g/mol. The number of hydrogen-bond acceptors (Lipinski definition) is 4. The van der Waals surface area contributed by atoms with Crippen molar-refractivity contribution in [3.05, 3.63) is 35.9 Å². The first kappa shape index (κ1) is 16.8. The molecule has 24 heavy (non-hydrogen) atoms. The number of nitrogens with two attached hydrogens (primary N) is 1. The van der Waals surface area contributed by atoms with E-state index in [2.05, 4.69) is 17.0 Å². The van der Waals surface area contributed by atoms with E-state index in [0.29, 0.717) is 6.54 Å². The maximum Gasteiger partial charge on any atom is 0.410 e. The molecule has 3 rings (SSSR count). The van der Waals surface area contributed by atoms with Crippen LogP contribution in [0.3, 0.4) is 0 Å². The number of rotatable bonds is 3. The van der Waals surface area contributed by atoms with Crippen LogP contribution in [-0.2, 0) is 16.1 Å². The van der Waals surface area contributed by atoms with Gasteiger partial charge in [-0.3, -0.25) is 9.69 Å². The van der Waals surface area contributed by atoms with Crippen molar-refractivity contribution in [2.24, 2.45) is 11.7 Å². The molecule has 0 aliphatic carbocycles. The van der Waals surface area contributed by atoms with E-state index in [-0.39, 0.29) is 30.0 Å². The standard InChI is InChI=1S/C18H25N3O3/c1-18(2,3)24-17(23)21-10-13(16(19)22)15-14(21)11-20(15)9-12-7-5-4-6-8-12/h4-8,13-15H,9-11H2,1-3H3,(H2,19,22)/t13-,14+,15+/m1/s1. The summed E-state index contributed by atoms with van der Waals surface area (Å²) in [6.07, 6.45) is -0.361. The molecular formula is C18H25N3O3. The van der Waals surface area contributed by atoms with Crippen LogP contribution in [0.2, 0.25) is 0 Å². The molecule has 6 nitrogen and oxygen atoms in total. The molecule has 2 amide bonds. The van der Waals surface area contributed by atoms with Crippen molar-refractivity contribution in [3.8, 4) is 0 Å². The zero-order valence-corrected chi connectivity index (χ0v) is 14.4. The summed E-state index contributed by atoms with van der Waals surface area (Å²) in [7, 11) is 0. The summed E-state index contributed by atoms with van der Waals surface area (Å²) in [5, 5.41) is 0. The summed E-state index contributed by atoms with van der Waals surface area (Å²) < 4.78 is 5.47. The minimum atomic E-state index is -0.551. The molecule has 6 heteroatoms. The number of fused-ring (bicyclic) bond motifs is 1. The maximum absolute atomic E-state index is 12.4. The number of amides is 2. The van der Waals surface area contributed by atoms with Crippen molar-refractivity contribution in [1.82, 2.24) is 9.80 Å². The number of carbonyl (C=O) groups excluding carboxylic acids is 2. The van der Waals surface area contributed by atoms with Crippen LogP contribution in [0.15, 0.2) is 30.3 Å². The molecular weight excluding hydrogens is 306 g/mol. The van der Waals surface area contributed by atoms with Crippen LogP contribution in [0, 0.1) is 5.92 Å². The van der Waals surface area contributed by atoms with Crippen molar-refractivity contribution < 1.29 is 14.3 Å². The molecule has 2 saturated heterocycles. The van der Waals surface area contributed by atoms with E-state index in [1.165, 1.54) is 5.56 Å². The molecule has 2 aliphatic rings. The van der Waals surface area contributed by atoms with Crippen molar-refractivity contribution in [2.75, 3.05) is 13.1 Å². The molecule has 0 unspecified atom stereocenters. The smallest absolute Gasteiger partial charge is 0.410 e. The van der Waals surface area contributed by atoms with E-state index in [4.69, 9.17) is 10.5 Å². The molecule has 2 N–H and O–H groups in total. The Labute approximate surface area is 142 Å². The molecule has 1 aromatic rings. The van der Waals surface area contributed by atoms with Gasteiger partial charge in [-0.05, 0) is 26.3 Å². The van der Waals surface area contributed by atoms with Crippen molar-refractivity contribution in [2.45, 2.75) is 45.0 Å². The van der Waals surface area contributed by atoms with Crippen molar-refractivity contribution in [1.29, 1.82) is 0 Å². The number of likely N-dealkylation sites (tertiary alicyclic amines) is 2. The van der Waals surface area contributed by atoms with Gasteiger partial charge in [0.25, 0.3) is 0 Å². The molecule has 130 valence electrons. The highest BCUT2D eigenvalue weighted by atomic mass is 16.6. The predicted molar refractivity (Wildman–Crippen MR) is 90.1 cm³/mol. The van der Waals surface area contributed by atoms with Gasteiger partial charge >= 0.3 is 6.09 Å². The SMILES string of the molecule is CC(C)(C)OC(=O)N1C[C@@H](C(N)=O)[C@H]2[C@@H]1CN2Cc1ccccc1. The largest absolute Gasteiger partial charge is 0.444 e. The van der Waals surface area contributed by atoms with Crippen LogP contribution in [0.25, 0.3) is 0 Å². The fraction of sp³-hybridized carbons (Fsp3) is 0.556. The van der Waals surface area contributed by atoms with Gasteiger partial charge in [-0.25, -0.2) is 4.79 Å². The second-order valence-corrected chi connectivity index (χ2v) is 7.61. The Bertz CT molecular complexity index is 626. The molecule has 1 aromatic carbocycles. The average molecular weight is 331 g/mol. The van der Waals surface area contributed by atoms with Crippen LogP contribution in [0.1, 0.15) is 26.3 Å². The van der Waals surface area contributed by atoms with Gasteiger partial charge in [-0.15, -0.1) is 0 Å². The van der Waals surface area contributed by atoms with Crippen LogP contribution < -0.4 is 5.73 Å². The van der Waals surface area contributed by atoms with E-state index in [1.54, 1.807) is 4.90 Å². The first-order valence-electron chi connectivity index (χ1n) is 8.33. The lowest BCUT2D eigenvalue weighted by atomic mass is 9.88. The van der Waals surface area contributed by atoms with Crippen molar-refractivity contribution in [3.63, 3.8) is 0 Å². The summed E-state index contributed by atoms with van der Waals surface area (Å²) in [5.74, 6) is -0.700. The van der Waals surface area contributed by atoms with Gasteiger partial charge in [0.15, 0.2) is 0 Å². The number of ether oxygens (including phenoxy) is 1. The molecule has 2 aliphatic heterocycles. The van der Waals surface area contributed by atoms with E-state index in [9.17, 15) is 9.59 Å². The van der Waals surface area contributed by atoms with Gasteiger partial charge in [0.05, 0.1) is 12.0 Å². The first-order chi connectivity index (χ1) is 11.3. The second kappa shape index (κ2) is 6.09. The van der Waals surface area contributed by atoms with Crippen LogP contribution in [0.4, 0.5) is 4.79 Å². The number of carbonyl (C=O) groups is 2. The normalized spacial score (nSPS) is 26.6. The van der Waals surface area contributed by atoms with Gasteiger partial charge in [-0.2, -0.15) is 0 Å². The Morgan fingerprint density at radius 3 is 2.46 bits per heavy atom. The summed E-state index contributed by atoms with van der Waals surface area (Å²) in [5.41, 5.74) is 6.22. The number of nitrogens with zero attached hydrogens (tertiary/aromatic N) is 2. The van der Waals surface area contributed by atoms with Crippen molar-refractivity contribution >= 4 is 12.0 Å². The number of hydrogen-bond donors (Lipinski definition) is 1. The quantitative estimate of drug-likeness (QED) is 0.912. The highest BCUT2D eigenvalue weighted by molar-refractivity contribution is 5.80. The van der Waals surface area contributed by atoms with Crippen LogP contribution in [-0.4, -0.2) is 52.6 Å². The van der Waals surface area contributed by atoms with Gasteiger partial charge in [0.2, 0.25) is 5.91 Å². The highest BCUT2D eigenvalue weighted by Gasteiger charge is 2.56. The zero-order valence-electron chi connectivity index (χ0n) is 14.4. The lowest BCUT2D eigenvalue weighted by molar-refractivity contribution is -0.124. The van der Waals surface area contributed by atoms with Gasteiger partial charge < -0.3 is 15.4 Å². The summed E-state index contributed by atoms with van der Waals surface area (Å²) in [6.45, 7) is 7.35. The van der Waals surface area contributed by atoms with E-state index >= 15 is 0 Å². The molecule has 0 aromatic heterocycles. The Morgan fingerprint density at radius 1 is 1.21 bits per heavy atom. The number of benzene rings is 1. The zero-order chi connectivity index (χ0) is 17.5. The third kappa shape index (κ3) is 3.24. The number of primary amides is 1. The van der Waals surface area contributed by atoms with Gasteiger partial charge in [-0.1, -0.05) is 30.3 Å². The Hall–Kier alpha value is -2.08. The van der Waals surface area contributed by atoms with Crippen LogP contribution >= 0.6 is 0 Å². The Morgan fingerprint density at radius 2 is 1.88 bits per heavy atom. The predicted octanol–water partition coefficient (Wildman–Crippen LogP) is 1.59. The molecule has 2 heterocycles. The minimum Gasteiger partial charge on any atom is -0.444 e. The summed E-state index contributed by atoms with van der Waals surface area (Å²) >= 11 is 0. The third-order valence-electron chi connectivity index (χ3n) is 4.67. The molecule has 0 radical (unpaired) electrons. The van der Waals surface area contributed by atoms with E-state index in [1.807, 2.05) is 39.0 Å². The average Bonchev–Trinajstić information content (AvgIpc) is 2.77. The second-order valence-electron chi connectivity index (χ2n) is 7.61. The maximum atomic E-state index is 12.4. The summed E-state index contributed by atoms with van der Waals surface area (Å²) in [6, 6.07) is 10.1. The third-order valence-corrected chi connectivity index (χ3v) is 4.67. The fourth-order valence-corrected chi connectivity index (χ4v) is 3.61. The van der Waals surface area contributed by atoms with Gasteiger partial charge in [0.1, 0.15) is 5.60 Å².